The summed E-state index contributed by atoms with van der Waals surface area (Å²) in [6.45, 7) is 8.21. The van der Waals surface area contributed by atoms with E-state index in [2.05, 4.69) is 19.2 Å². The van der Waals surface area contributed by atoms with Crippen LogP contribution < -0.4 is 5.32 Å². The zero-order valence-electron chi connectivity index (χ0n) is 10.6. The molecule has 1 saturated carbocycles. The van der Waals surface area contributed by atoms with Crippen LogP contribution in [0.5, 0.6) is 0 Å². The first-order valence-electron chi connectivity index (χ1n) is 6.69. The van der Waals surface area contributed by atoms with E-state index in [4.69, 9.17) is 9.47 Å². The van der Waals surface area contributed by atoms with E-state index in [0.717, 1.165) is 38.1 Å². The van der Waals surface area contributed by atoms with Crippen LogP contribution in [0.15, 0.2) is 0 Å². The van der Waals surface area contributed by atoms with Crippen molar-refractivity contribution in [3.8, 4) is 0 Å². The number of rotatable bonds is 3. The van der Waals surface area contributed by atoms with Gasteiger partial charge in [0.1, 0.15) is 0 Å². The molecule has 1 saturated heterocycles. The van der Waals surface area contributed by atoms with Gasteiger partial charge in [0, 0.05) is 13.1 Å². The lowest BCUT2D eigenvalue weighted by atomic mass is 9.80. The Labute approximate surface area is 98.9 Å². The number of nitrogens with one attached hydrogen (secondary N) is 1. The smallest absolute Gasteiger partial charge is 0.0933 e. The summed E-state index contributed by atoms with van der Waals surface area (Å²) in [5.41, 5.74) is 0. The van der Waals surface area contributed by atoms with E-state index in [-0.39, 0.29) is 6.10 Å². The maximum Gasteiger partial charge on any atom is 0.0933 e. The third-order valence-corrected chi connectivity index (χ3v) is 4.07. The fourth-order valence-electron chi connectivity index (χ4n) is 2.62. The third kappa shape index (κ3) is 3.44. The molecule has 16 heavy (non-hydrogen) atoms. The highest BCUT2D eigenvalue weighted by Crippen LogP contribution is 2.30. The largest absolute Gasteiger partial charge is 0.375 e. The van der Waals surface area contributed by atoms with E-state index in [0.29, 0.717) is 6.10 Å². The molecule has 2 rings (SSSR count). The molecule has 1 aliphatic heterocycles. The van der Waals surface area contributed by atoms with Crippen molar-refractivity contribution < 1.29 is 9.47 Å². The summed E-state index contributed by atoms with van der Waals surface area (Å²) in [5.74, 6) is 1.68. The average Bonchev–Trinajstić information content (AvgIpc) is 2.32. The third-order valence-electron chi connectivity index (χ3n) is 4.07. The van der Waals surface area contributed by atoms with Crippen LogP contribution in [-0.4, -0.2) is 38.5 Å². The summed E-state index contributed by atoms with van der Waals surface area (Å²) in [6.07, 6.45) is 4.50. The lowest BCUT2D eigenvalue weighted by molar-refractivity contribution is -0.0713. The summed E-state index contributed by atoms with van der Waals surface area (Å²) in [6, 6.07) is 0. The second kappa shape index (κ2) is 5.99. The van der Waals surface area contributed by atoms with E-state index in [9.17, 15) is 0 Å². The minimum absolute atomic E-state index is 0.267. The van der Waals surface area contributed by atoms with Crippen LogP contribution in [0.4, 0.5) is 0 Å². The highest BCUT2D eigenvalue weighted by atomic mass is 16.5. The van der Waals surface area contributed by atoms with Gasteiger partial charge in [-0.1, -0.05) is 13.8 Å². The van der Waals surface area contributed by atoms with Crippen molar-refractivity contribution in [2.75, 3.05) is 26.3 Å². The zero-order chi connectivity index (χ0) is 11.4. The molecular formula is C13H25NO2. The second-order valence-electron chi connectivity index (χ2n) is 5.42. The molecule has 3 nitrogen and oxygen atoms in total. The molecule has 4 unspecified atom stereocenters. The highest BCUT2D eigenvalue weighted by molar-refractivity contribution is 4.76. The lowest BCUT2D eigenvalue weighted by Gasteiger charge is -2.33. The fraction of sp³-hybridized carbons (Fsp3) is 1.00. The second-order valence-corrected chi connectivity index (χ2v) is 5.42. The molecule has 0 bridgehead atoms. The van der Waals surface area contributed by atoms with Crippen LogP contribution in [0.1, 0.15) is 33.1 Å². The van der Waals surface area contributed by atoms with E-state index in [1.165, 1.54) is 19.3 Å². The quantitative estimate of drug-likeness (QED) is 0.797. The van der Waals surface area contributed by atoms with Gasteiger partial charge in [-0.2, -0.15) is 0 Å². The molecule has 2 aliphatic rings. The normalized spacial score (nSPS) is 40.9. The number of hydrogen-bond donors (Lipinski definition) is 1. The van der Waals surface area contributed by atoms with Crippen molar-refractivity contribution in [2.24, 2.45) is 11.8 Å². The van der Waals surface area contributed by atoms with Gasteiger partial charge in [-0.15, -0.1) is 0 Å². The maximum atomic E-state index is 5.98. The Balaban J connectivity index is 1.65. The standard InChI is InChI=1S/C13H25NO2/c1-10-3-4-12(7-11(10)2)16-9-13-8-14-5-6-15-13/h10-14H,3-9H2,1-2H3. The van der Waals surface area contributed by atoms with Gasteiger partial charge in [0.25, 0.3) is 0 Å². The van der Waals surface area contributed by atoms with Crippen molar-refractivity contribution in [1.82, 2.24) is 5.32 Å². The van der Waals surface area contributed by atoms with Gasteiger partial charge in [0.05, 0.1) is 25.4 Å². The monoisotopic (exact) mass is 227 g/mol. The van der Waals surface area contributed by atoms with Crippen LogP contribution in [0, 0.1) is 11.8 Å². The molecule has 2 fully saturated rings. The van der Waals surface area contributed by atoms with Crippen LogP contribution in [0.25, 0.3) is 0 Å². The molecule has 1 aliphatic carbocycles. The minimum Gasteiger partial charge on any atom is -0.375 e. The molecule has 1 N–H and O–H groups in total. The van der Waals surface area contributed by atoms with Gasteiger partial charge in [-0.3, -0.25) is 0 Å². The number of ether oxygens (including phenoxy) is 2. The summed E-state index contributed by atoms with van der Waals surface area (Å²) >= 11 is 0. The Morgan fingerprint density at radius 2 is 2.12 bits per heavy atom. The molecule has 0 aromatic carbocycles. The van der Waals surface area contributed by atoms with Crippen LogP contribution in [0.2, 0.25) is 0 Å². The van der Waals surface area contributed by atoms with Crippen LogP contribution >= 0.6 is 0 Å². The first kappa shape index (κ1) is 12.3. The molecule has 0 radical (unpaired) electrons. The molecular weight excluding hydrogens is 202 g/mol. The first-order valence-corrected chi connectivity index (χ1v) is 6.69. The summed E-state index contributed by atoms with van der Waals surface area (Å²) in [7, 11) is 0. The maximum absolute atomic E-state index is 5.98. The van der Waals surface area contributed by atoms with E-state index in [1.807, 2.05) is 0 Å². The first-order chi connectivity index (χ1) is 7.75. The Morgan fingerprint density at radius 1 is 1.25 bits per heavy atom. The van der Waals surface area contributed by atoms with Gasteiger partial charge >= 0.3 is 0 Å². The molecule has 4 atom stereocenters. The molecule has 0 aromatic rings. The molecule has 1 heterocycles. The highest BCUT2D eigenvalue weighted by Gasteiger charge is 2.26. The average molecular weight is 227 g/mol. The van der Waals surface area contributed by atoms with Crippen molar-refractivity contribution in [2.45, 2.75) is 45.3 Å². The van der Waals surface area contributed by atoms with Crippen molar-refractivity contribution >= 4 is 0 Å². The van der Waals surface area contributed by atoms with Crippen molar-refractivity contribution in [3.63, 3.8) is 0 Å². The van der Waals surface area contributed by atoms with E-state index in [1.54, 1.807) is 0 Å². The Hall–Kier alpha value is -0.120. The molecule has 94 valence electrons. The van der Waals surface area contributed by atoms with Crippen LogP contribution in [-0.2, 0) is 9.47 Å². The van der Waals surface area contributed by atoms with Gasteiger partial charge in [0.15, 0.2) is 0 Å². The zero-order valence-corrected chi connectivity index (χ0v) is 10.6. The van der Waals surface area contributed by atoms with Crippen molar-refractivity contribution in [1.29, 1.82) is 0 Å². The minimum atomic E-state index is 0.267. The predicted molar refractivity (Wildman–Crippen MR) is 64.5 cm³/mol. The Bertz CT molecular complexity index is 204. The molecule has 0 spiro atoms. The summed E-state index contributed by atoms with van der Waals surface area (Å²) in [4.78, 5) is 0. The molecule has 0 amide bonds. The predicted octanol–water partition coefficient (Wildman–Crippen LogP) is 1.82. The Morgan fingerprint density at radius 3 is 2.81 bits per heavy atom. The van der Waals surface area contributed by atoms with Gasteiger partial charge in [-0.05, 0) is 31.1 Å². The SMILES string of the molecule is CC1CCC(OCC2CNCCO2)CC1C. The molecule has 3 heteroatoms. The summed E-state index contributed by atoms with van der Waals surface area (Å²) < 4.78 is 11.6. The van der Waals surface area contributed by atoms with Gasteiger partial charge in [0.2, 0.25) is 0 Å². The van der Waals surface area contributed by atoms with Gasteiger partial charge in [-0.25, -0.2) is 0 Å². The Kier molecular flexibility index (Phi) is 4.62. The van der Waals surface area contributed by atoms with E-state index < -0.39 is 0 Å². The van der Waals surface area contributed by atoms with E-state index >= 15 is 0 Å². The molecule has 0 aromatic heterocycles. The topological polar surface area (TPSA) is 30.5 Å². The number of morpholine rings is 1. The number of hydrogen-bond acceptors (Lipinski definition) is 3. The van der Waals surface area contributed by atoms with Gasteiger partial charge < -0.3 is 14.8 Å². The van der Waals surface area contributed by atoms with Crippen molar-refractivity contribution in [3.05, 3.63) is 0 Å². The van der Waals surface area contributed by atoms with Crippen LogP contribution in [0.3, 0.4) is 0 Å². The lowest BCUT2D eigenvalue weighted by Crippen LogP contribution is -2.42. The summed E-state index contributed by atoms with van der Waals surface area (Å²) in [5, 5.41) is 3.33. The fourth-order valence-corrected chi connectivity index (χ4v) is 2.62.